The fourth-order valence-corrected chi connectivity index (χ4v) is 4.16. The lowest BCUT2D eigenvalue weighted by Crippen LogP contribution is -2.28. The van der Waals surface area contributed by atoms with Crippen LogP contribution in [-0.4, -0.2) is 50.2 Å². The Kier molecular flexibility index (Phi) is 7.02. The summed E-state index contributed by atoms with van der Waals surface area (Å²) in [7, 11) is -2.08. The third-order valence-corrected chi connectivity index (χ3v) is 5.80. The summed E-state index contributed by atoms with van der Waals surface area (Å²) in [6.45, 7) is 3.78. The Morgan fingerprint density at radius 1 is 1.14 bits per heavy atom. The van der Waals surface area contributed by atoms with Gasteiger partial charge in [0.15, 0.2) is 9.84 Å². The molecule has 2 aromatic carbocycles. The van der Waals surface area contributed by atoms with Crippen molar-refractivity contribution in [1.82, 2.24) is 4.90 Å². The molecule has 8 heteroatoms. The van der Waals surface area contributed by atoms with Crippen LogP contribution in [0.15, 0.2) is 41.3 Å². The van der Waals surface area contributed by atoms with Gasteiger partial charge in [-0.15, -0.1) is 0 Å². The molecule has 0 radical (unpaired) electrons. The number of carbonyl (C=O) groups is 2. The molecule has 0 saturated carbocycles. The Morgan fingerprint density at radius 3 is 2.34 bits per heavy atom. The van der Waals surface area contributed by atoms with Gasteiger partial charge in [0.25, 0.3) is 0 Å². The fraction of sp³-hybridized carbons (Fsp3) is 0.333. The first-order valence-electron chi connectivity index (χ1n) is 9.05. The van der Waals surface area contributed by atoms with Crippen molar-refractivity contribution in [2.24, 2.45) is 0 Å². The second kappa shape index (κ2) is 9.09. The predicted octanol–water partition coefficient (Wildman–Crippen LogP) is 2.76. The van der Waals surface area contributed by atoms with Crippen LogP contribution in [0, 0.1) is 0 Å². The number of amides is 1. The maximum atomic E-state index is 12.4. The molecule has 0 spiro atoms. The molecule has 29 heavy (non-hydrogen) atoms. The van der Waals surface area contributed by atoms with E-state index in [1.54, 1.807) is 35.2 Å². The second-order valence-corrected chi connectivity index (χ2v) is 8.68. The third-order valence-electron chi connectivity index (χ3n) is 4.62. The number of nitrogens with zero attached hydrogens (tertiary/aromatic N) is 1. The smallest absolute Gasteiger partial charge is 0.307 e. The van der Waals surface area contributed by atoms with Gasteiger partial charge in [-0.2, -0.15) is 0 Å². The van der Waals surface area contributed by atoms with Gasteiger partial charge in [-0.25, -0.2) is 8.42 Å². The van der Waals surface area contributed by atoms with Crippen LogP contribution in [0.4, 0.5) is 0 Å². The molecule has 0 heterocycles. The van der Waals surface area contributed by atoms with Gasteiger partial charge in [0, 0.05) is 31.8 Å². The molecule has 0 aromatic heterocycles. The molecule has 0 saturated heterocycles. The number of hydrogen-bond donors (Lipinski definition) is 1. The summed E-state index contributed by atoms with van der Waals surface area (Å²) >= 11 is 0. The normalized spacial score (nSPS) is 11.2. The topological polar surface area (TPSA) is 101 Å². The van der Waals surface area contributed by atoms with E-state index in [4.69, 9.17) is 9.84 Å². The Morgan fingerprint density at radius 2 is 1.83 bits per heavy atom. The average molecular weight is 419 g/mol. The number of methoxy groups -OCH3 is 1. The maximum Gasteiger partial charge on any atom is 0.307 e. The highest BCUT2D eigenvalue weighted by Gasteiger charge is 2.22. The van der Waals surface area contributed by atoms with Crippen LogP contribution in [0.25, 0.3) is 11.1 Å². The van der Waals surface area contributed by atoms with Gasteiger partial charge in [0.1, 0.15) is 5.75 Å². The molecule has 1 N–H and O–H groups in total. The van der Waals surface area contributed by atoms with E-state index >= 15 is 0 Å². The number of sulfone groups is 1. The van der Waals surface area contributed by atoms with E-state index in [1.807, 2.05) is 6.92 Å². The minimum absolute atomic E-state index is 0.108. The van der Waals surface area contributed by atoms with E-state index in [-0.39, 0.29) is 23.8 Å². The van der Waals surface area contributed by atoms with Gasteiger partial charge in [-0.1, -0.05) is 18.2 Å². The summed E-state index contributed by atoms with van der Waals surface area (Å²) in [4.78, 5) is 24.8. The van der Waals surface area contributed by atoms with Crippen molar-refractivity contribution in [3.05, 3.63) is 47.5 Å². The number of hydrogen-bond acceptors (Lipinski definition) is 5. The van der Waals surface area contributed by atoms with Gasteiger partial charge >= 0.3 is 5.97 Å². The zero-order valence-electron chi connectivity index (χ0n) is 16.9. The van der Waals surface area contributed by atoms with Crippen LogP contribution in [0.1, 0.15) is 25.0 Å². The molecule has 7 nitrogen and oxygen atoms in total. The summed E-state index contributed by atoms with van der Waals surface area (Å²) in [5.41, 5.74) is 2.18. The summed E-state index contributed by atoms with van der Waals surface area (Å²) in [6, 6.07) is 9.89. The molecule has 0 aliphatic heterocycles. The van der Waals surface area contributed by atoms with Crippen LogP contribution in [0.2, 0.25) is 0 Å². The van der Waals surface area contributed by atoms with Gasteiger partial charge in [-0.05, 0) is 41.8 Å². The largest absolute Gasteiger partial charge is 0.496 e. The molecule has 1 amide bonds. The van der Waals surface area contributed by atoms with Crippen LogP contribution in [0.5, 0.6) is 5.75 Å². The lowest BCUT2D eigenvalue weighted by Gasteiger charge is -2.23. The molecule has 0 aliphatic carbocycles. The third kappa shape index (κ3) is 5.35. The summed E-state index contributed by atoms with van der Waals surface area (Å²) < 4.78 is 30.3. The van der Waals surface area contributed by atoms with Crippen molar-refractivity contribution >= 4 is 21.7 Å². The lowest BCUT2D eigenvalue weighted by atomic mass is 9.95. The first-order chi connectivity index (χ1) is 13.6. The molecule has 0 bridgehead atoms. The molecule has 2 rings (SSSR count). The maximum absolute atomic E-state index is 12.4. The standard InChI is InChI=1S/C21H25NO6S/c1-5-22(14(2)23)13-18-16(7-6-8-20(18)29(4,26)27)17-11-15(12-21(24)25)9-10-19(17)28-3/h6-11H,5,12-13H2,1-4H3,(H,24,25). The predicted molar refractivity (Wildman–Crippen MR) is 110 cm³/mol. The minimum Gasteiger partial charge on any atom is -0.496 e. The van der Waals surface area contributed by atoms with Gasteiger partial charge in [0.05, 0.1) is 18.4 Å². The first-order valence-corrected chi connectivity index (χ1v) is 10.9. The zero-order chi connectivity index (χ0) is 21.8. The van der Waals surface area contributed by atoms with Crippen molar-refractivity contribution < 1.29 is 27.9 Å². The molecule has 0 aliphatic rings. The van der Waals surface area contributed by atoms with Crippen molar-refractivity contribution in [1.29, 1.82) is 0 Å². The first kappa shape index (κ1) is 22.4. The Bertz CT molecular complexity index is 1030. The monoisotopic (exact) mass is 419 g/mol. The van der Waals surface area contributed by atoms with Crippen LogP contribution in [-0.2, 0) is 32.4 Å². The average Bonchev–Trinajstić information content (AvgIpc) is 2.64. The van der Waals surface area contributed by atoms with E-state index in [1.165, 1.54) is 20.1 Å². The van der Waals surface area contributed by atoms with Gasteiger partial charge in [-0.3, -0.25) is 9.59 Å². The number of rotatable bonds is 8. The summed E-state index contributed by atoms with van der Waals surface area (Å²) in [5, 5.41) is 9.12. The highest BCUT2D eigenvalue weighted by atomic mass is 32.2. The number of carbonyl (C=O) groups excluding carboxylic acids is 1. The van der Waals surface area contributed by atoms with E-state index in [2.05, 4.69) is 0 Å². The Hall–Kier alpha value is -2.87. The van der Waals surface area contributed by atoms with Crippen LogP contribution < -0.4 is 4.74 Å². The Balaban J connectivity index is 2.78. The number of aliphatic carboxylic acids is 1. The summed E-state index contributed by atoms with van der Waals surface area (Å²) in [5.74, 6) is -0.662. The number of carboxylic acid groups (broad SMARTS) is 1. The van der Waals surface area contributed by atoms with Crippen molar-refractivity contribution in [3.8, 4) is 16.9 Å². The Labute approximate surface area is 170 Å². The van der Waals surface area contributed by atoms with E-state index in [9.17, 15) is 18.0 Å². The number of ether oxygens (including phenoxy) is 1. The molecule has 2 aromatic rings. The second-order valence-electron chi connectivity index (χ2n) is 6.69. The number of benzene rings is 2. The highest BCUT2D eigenvalue weighted by Crippen LogP contribution is 2.36. The van der Waals surface area contributed by atoms with Gasteiger partial charge in [0.2, 0.25) is 5.91 Å². The molecular formula is C21H25NO6S. The number of carboxylic acids is 1. The van der Waals surface area contributed by atoms with Crippen LogP contribution in [0.3, 0.4) is 0 Å². The molecular weight excluding hydrogens is 394 g/mol. The molecule has 0 atom stereocenters. The molecule has 0 fully saturated rings. The van der Waals surface area contributed by atoms with E-state index in [0.29, 0.717) is 34.5 Å². The van der Waals surface area contributed by atoms with Crippen LogP contribution >= 0.6 is 0 Å². The SMILES string of the molecule is CCN(Cc1c(-c2cc(CC(=O)O)ccc2OC)cccc1S(C)(=O)=O)C(C)=O. The van der Waals surface area contributed by atoms with Crippen molar-refractivity contribution in [3.63, 3.8) is 0 Å². The molecule has 156 valence electrons. The summed E-state index contributed by atoms with van der Waals surface area (Å²) in [6.07, 6.45) is 0.949. The van der Waals surface area contributed by atoms with E-state index < -0.39 is 15.8 Å². The van der Waals surface area contributed by atoms with Gasteiger partial charge < -0.3 is 14.7 Å². The van der Waals surface area contributed by atoms with Crippen molar-refractivity contribution in [2.75, 3.05) is 19.9 Å². The van der Waals surface area contributed by atoms with Crippen molar-refractivity contribution in [2.45, 2.75) is 31.7 Å². The van der Waals surface area contributed by atoms with E-state index in [0.717, 1.165) is 6.26 Å². The fourth-order valence-electron chi connectivity index (χ4n) is 3.22. The quantitative estimate of drug-likeness (QED) is 0.706. The zero-order valence-corrected chi connectivity index (χ0v) is 17.7. The minimum atomic E-state index is -3.57. The highest BCUT2D eigenvalue weighted by molar-refractivity contribution is 7.90. The molecule has 0 unspecified atom stereocenters. The lowest BCUT2D eigenvalue weighted by molar-refractivity contribution is -0.136.